The lowest BCUT2D eigenvalue weighted by Gasteiger charge is -2.27. The van der Waals surface area contributed by atoms with Crippen molar-refractivity contribution in [2.75, 3.05) is 11.9 Å². The highest BCUT2D eigenvalue weighted by Gasteiger charge is 2.41. The molecule has 2 atom stereocenters. The van der Waals surface area contributed by atoms with Crippen molar-refractivity contribution in [3.05, 3.63) is 84.4 Å². The number of hydrogen-bond donors (Lipinski definition) is 2. The molecule has 0 spiro atoms. The van der Waals surface area contributed by atoms with E-state index in [2.05, 4.69) is 38.6 Å². The lowest BCUT2D eigenvalue weighted by molar-refractivity contribution is -0.116. The third-order valence-electron chi connectivity index (χ3n) is 6.64. The van der Waals surface area contributed by atoms with Gasteiger partial charge in [-0.05, 0) is 61.0 Å². The minimum atomic E-state index is -0.120. The van der Waals surface area contributed by atoms with E-state index in [-0.39, 0.29) is 24.5 Å². The maximum absolute atomic E-state index is 12.9. The minimum absolute atomic E-state index is 0.0938. The van der Waals surface area contributed by atoms with Crippen molar-refractivity contribution in [3.8, 4) is 0 Å². The van der Waals surface area contributed by atoms with Gasteiger partial charge in [0.05, 0.1) is 17.8 Å². The van der Waals surface area contributed by atoms with Gasteiger partial charge in [0, 0.05) is 30.3 Å². The molecule has 1 aromatic carbocycles. The third kappa shape index (κ3) is 4.78. The molecule has 1 aliphatic heterocycles. The highest BCUT2D eigenvalue weighted by atomic mass is 32.1. The van der Waals surface area contributed by atoms with Crippen LogP contribution in [-0.2, 0) is 4.79 Å². The van der Waals surface area contributed by atoms with E-state index in [9.17, 15) is 4.79 Å². The van der Waals surface area contributed by atoms with Crippen molar-refractivity contribution in [1.82, 2.24) is 19.8 Å². The lowest BCUT2D eigenvalue weighted by atomic mass is 9.95. The Morgan fingerprint density at radius 3 is 2.61 bits per heavy atom. The van der Waals surface area contributed by atoms with Crippen LogP contribution in [-0.4, -0.2) is 32.0 Å². The number of aromatic nitrogens is 2. The number of carbonyl (C=O) groups is 1. The number of para-hydroxylation sites is 1. The van der Waals surface area contributed by atoms with E-state index in [1.165, 1.54) is 32.1 Å². The number of carbonyl (C=O) groups excluding carboxylic acids is 1. The molecule has 3 aromatic rings. The normalized spacial score (nSPS) is 21.1. The first-order valence-corrected chi connectivity index (χ1v) is 12.1. The quantitative estimate of drug-likeness (QED) is 0.508. The second kappa shape index (κ2) is 9.75. The molecule has 0 unspecified atom stereocenters. The predicted octanol–water partition coefficient (Wildman–Crippen LogP) is 5.00. The van der Waals surface area contributed by atoms with Crippen molar-refractivity contribution in [1.29, 1.82) is 0 Å². The molecule has 170 valence electrons. The number of rotatable bonds is 6. The summed E-state index contributed by atoms with van der Waals surface area (Å²) in [6.07, 6.45) is 12.6. The van der Waals surface area contributed by atoms with Gasteiger partial charge in [-0.3, -0.25) is 9.78 Å². The van der Waals surface area contributed by atoms with Crippen molar-refractivity contribution < 1.29 is 4.79 Å². The average molecular weight is 460 g/mol. The number of nitrogens with zero attached hydrogens (tertiary/aromatic N) is 3. The number of amides is 1. The van der Waals surface area contributed by atoms with E-state index >= 15 is 0 Å². The van der Waals surface area contributed by atoms with Crippen molar-refractivity contribution >= 4 is 28.9 Å². The van der Waals surface area contributed by atoms with E-state index in [0.29, 0.717) is 11.2 Å². The molecular formula is C26H29N5OS. The van der Waals surface area contributed by atoms with Gasteiger partial charge in [-0.2, -0.15) is 0 Å². The Bertz CT molecular complexity index is 1090. The standard InChI is InChI=1S/C26H29N5OS/c32-23(28-20-9-3-1-4-10-20)18-31-25(24(29-26(31)33)22-13-7-8-15-27-22)19-14-16-30(17-19)21-11-5-2-6-12-21/h1,3-4,7-10,13-17,21,24-25H,2,5-6,11-12,18H2,(H,28,32)(H,29,33)/t24-,25+/m1/s1. The largest absolute Gasteiger partial charge is 0.352 e. The number of thiocarbonyl (C=S) groups is 1. The van der Waals surface area contributed by atoms with E-state index in [1.54, 1.807) is 6.20 Å². The summed E-state index contributed by atoms with van der Waals surface area (Å²) in [5.74, 6) is -0.0938. The monoisotopic (exact) mass is 459 g/mol. The molecule has 2 aromatic heterocycles. The number of nitrogens with one attached hydrogen (secondary N) is 2. The maximum atomic E-state index is 12.9. The van der Waals surface area contributed by atoms with Crippen LogP contribution in [0, 0.1) is 0 Å². The zero-order chi connectivity index (χ0) is 22.6. The van der Waals surface area contributed by atoms with Crippen LogP contribution in [0.1, 0.15) is 61.5 Å². The van der Waals surface area contributed by atoms with Crippen LogP contribution in [0.4, 0.5) is 5.69 Å². The second-order valence-corrected chi connectivity index (χ2v) is 9.24. The molecule has 33 heavy (non-hydrogen) atoms. The number of pyridine rings is 1. The first kappa shape index (κ1) is 21.6. The van der Waals surface area contributed by atoms with Crippen LogP contribution in [0.15, 0.2) is 73.2 Å². The van der Waals surface area contributed by atoms with Crippen LogP contribution in [0.3, 0.4) is 0 Å². The SMILES string of the molecule is O=C(CN1C(=S)N[C@H](c2ccccn2)[C@@H]1c1ccn(C2CCCCC2)c1)Nc1ccccc1. The van der Waals surface area contributed by atoms with Gasteiger partial charge in [0.1, 0.15) is 6.54 Å². The van der Waals surface area contributed by atoms with Gasteiger partial charge in [0.15, 0.2) is 5.11 Å². The first-order valence-electron chi connectivity index (χ1n) is 11.7. The Kier molecular flexibility index (Phi) is 6.39. The molecule has 7 heteroatoms. The van der Waals surface area contributed by atoms with Gasteiger partial charge >= 0.3 is 0 Å². The van der Waals surface area contributed by atoms with Crippen LogP contribution in [0.25, 0.3) is 0 Å². The molecule has 1 saturated heterocycles. The molecule has 3 heterocycles. The van der Waals surface area contributed by atoms with Crippen molar-refractivity contribution in [3.63, 3.8) is 0 Å². The molecule has 2 fully saturated rings. The second-order valence-electron chi connectivity index (χ2n) is 8.85. The fourth-order valence-electron chi connectivity index (χ4n) is 5.03. The van der Waals surface area contributed by atoms with Gasteiger partial charge < -0.3 is 20.1 Å². The Morgan fingerprint density at radius 1 is 1.06 bits per heavy atom. The molecule has 0 bridgehead atoms. The van der Waals surface area contributed by atoms with Crippen LogP contribution in [0.2, 0.25) is 0 Å². The van der Waals surface area contributed by atoms with Gasteiger partial charge in [-0.15, -0.1) is 0 Å². The smallest absolute Gasteiger partial charge is 0.244 e. The Hall–Kier alpha value is -3.19. The summed E-state index contributed by atoms with van der Waals surface area (Å²) in [6, 6.07) is 17.9. The summed E-state index contributed by atoms with van der Waals surface area (Å²) in [7, 11) is 0. The summed E-state index contributed by atoms with van der Waals surface area (Å²) in [5, 5.41) is 6.99. The zero-order valence-corrected chi connectivity index (χ0v) is 19.4. The average Bonchev–Trinajstić information content (AvgIpc) is 3.46. The summed E-state index contributed by atoms with van der Waals surface area (Å²) in [5.41, 5.74) is 2.85. The molecule has 1 saturated carbocycles. The fraction of sp³-hybridized carbons (Fsp3) is 0.346. The topological polar surface area (TPSA) is 62.2 Å². The molecule has 5 rings (SSSR count). The Morgan fingerprint density at radius 2 is 1.85 bits per heavy atom. The molecule has 2 aliphatic rings. The first-order chi connectivity index (χ1) is 16.2. The zero-order valence-electron chi connectivity index (χ0n) is 18.6. The predicted molar refractivity (Wildman–Crippen MR) is 134 cm³/mol. The van der Waals surface area contributed by atoms with Crippen molar-refractivity contribution in [2.45, 2.75) is 50.2 Å². The summed E-state index contributed by atoms with van der Waals surface area (Å²) >= 11 is 5.71. The maximum Gasteiger partial charge on any atom is 0.244 e. The van der Waals surface area contributed by atoms with Crippen LogP contribution < -0.4 is 10.6 Å². The van der Waals surface area contributed by atoms with Gasteiger partial charge in [-0.1, -0.05) is 43.5 Å². The molecule has 0 radical (unpaired) electrons. The highest BCUT2D eigenvalue weighted by molar-refractivity contribution is 7.80. The Labute approximate surface area is 200 Å². The number of anilines is 1. The highest BCUT2D eigenvalue weighted by Crippen LogP contribution is 2.39. The van der Waals surface area contributed by atoms with E-state index in [0.717, 1.165) is 16.9 Å². The molecule has 1 aliphatic carbocycles. The Balaban J connectivity index is 1.42. The number of hydrogen-bond acceptors (Lipinski definition) is 3. The van der Waals surface area contributed by atoms with Gasteiger partial charge in [0.25, 0.3) is 0 Å². The number of benzene rings is 1. The van der Waals surface area contributed by atoms with E-state index in [4.69, 9.17) is 12.2 Å². The molecule has 1 amide bonds. The van der Waals surface area contributed by atoms with Crippen LogP contribution >= 0.6 is 12.2 Å². The van der Waals surface area contributed by atoms with E-state index in [1.807, 2.05) is 53.4 Å². The lowest BCUT2D eigenvalue weighted by Crippen LogP contribution is -2.37. The van der Waals surface area contributed by atoms with Crippen molar-refractivity contribution in [2.24, 2.45) is 0 Å². The molecule has 6 nitrogen and oxygen atoms in total. The fourth-order valence-corrected chi connectivity index (χ4v) is 5.33. The molecular weight excluding hydrogens is 430 g/mol. The third-order valence-corrected chi connectivity index (χ3v) is 7.00. The minimum Gasteiger partial charge on any atom is -0.352 e. The summed E-state index contributed by atoms with van der Waals surface area (Å²) < 4.78 is 2.35. The summed E-state index contributed by atoms with van der Waals surface area (Å²) in [6.45, 7) is 0.170. The van der Waals surface area contributed by atoms with Gasteiger partial charge in [0.2, 0.25) is 5.91 Å². The van der Waals surface area contributed by atoms with Gasteiger partial charge in [-0.25, -0.2) is 0 Å². The molecule has 2 N–H and O–H groups in total. The van der Waals surface area contributed by atoms with Crippen LogP contribution in [0.5, 0.6) is 0 Å². The summed E-state index contributed by atoms with van der Waals surface area (Å²) in [4.78, 5) is 19.5. The van der Waals surface area contributed by atoms with E-state index < -0.39 is 0 Å².